The van der Waals surface area contributed by atoms with Gasteiger partial charge in [-0.3, -0.25) is 4.72 Å². The van der Waals surface area contributed by atoms with Crippen LogP contribution in [0.1, 0.15) is 12.5 Å². The van der Waals surface area contributed by atoms with Crippen LogP contribution < -0.4 is 15.2 Å². The second kappa shape index (κ2) is 6.05. The Morgan fingerprint density at radius 2 is 1.90 bits per heavy atom. The molecule has 21 heavy (non-hydrogen) atoms. The van der Waals surface area contributed by atoms with Gasteiger partial charge < -0.3 is 10.5 Å². The molecule has 0 atom stereocenters. The number of methoxy groups -OCH3 is 1. The van der Waals surface area contributed by atoms with E-state index in [1.165, 1.54) is 13.2 Å². The minimum atomic E-state index is -3.72. The highest BCUT2D eigenvalue weighted by molar-refractivity contribution is 7.92. The van der Waals surface area contributed by atoms with Gasteiger partial charge in [0.25, 0.3) is 10.0 Å². The van der Waals surface area contributed by atoms with Gasteiger partial charge in [-0.2, -0.15) is 0 Å². The first kappa shape index (κ1) is 15.2. The van der Waals surface area contributed by atoms with E-state index in [2.05, 4.69) is 4.72 Å². The SMILES string of the molecule is CCc1ccc(N)cc1S(=O)(=O)Nc1ccccc1OC. The molecular formula is C15H18N2O3S. The van der Waals surface area contributed by atoms with Gasteiger partial charge in [0.15, 0.2) is 0 Å². The van der Waals surface area contributed by atoms with E-state index < -0.39 is 10.0 Å². The first-order valence-corrected chi connectivity index (χ1v) is 8.00. The van der Waals surface area contributed by atoms with E-state index in [4.69, 9.17) is 10.5 Å². The molecule has 0 aliphatic rings. The van der Waals surface area contributed by atoms with Crippen LogP contribution in [0.2, 0.25) is 0 Å². The van der Waals surface area contributed by atoms with Crippen molar-refractivity contribution in [1.82, 2.24) is 0 Å². The average molecular weight is 306 g/mol. The average Bonchev–Trinajstić information content (AvgIpc) is 2.47. The molecule has 0 bridgehead atoms. The van der Waals surface area contributed by atoms with E-state index in [9.17, 15) is 8.42 Å². The number of anilines is 2. The number of rotatable bonds is 5. The van der Waals surface area contributed by atoms with Crippen molar-refractivity contribution in [2.45, 2.75) is 18.2 Å². The number of benzene rings is 2. The quantitative estimate of drug-likeness (QED) is 0.832. The molecule has 0 aliphatic carbocycles. The van der Waals surface area contributed by atoms with Crippen LogP contribution in [0.3, 0.4) is 0 Å². The van der Waals surface area contributed by atoms with Crippen molar-refractivity contribution in [2.75, 3.05) is 17.6 Å². The highest BCUT2D eigenvalue weighted by Crippen LogP contribution is 2.28. The number of ether oxygens (including phenoxy) is 1. The van der Waals surface area contributed by atoms with Crippen molar-refractivity contribution in [3.8, 4) is 5.75 Å². The Labute approximate surface area is 124 Å². The van der Waals surface area contributed by atoms with Crippen molar-refractivity contribution >= 4 is 21.4 Å². The molecule has 0 amide bonds. The molecule has 0 spiro atoms. The maximum atomic E-state index is 12.6. The zero-order valence-corrected chi connectivity index (χ0v) is 12.8. The Morgan fingerprint density at radius 3 is 2.57 bits per heavy atom. The largest absolute Gasteiger partial charge is 0.495 e. The van der Waals surface area contributed by atoms with E-state index in [1.807, 2.05) is 6.92 Å². The summed E-state index contributed by atoms with van der Waals surface area (Å²) < 4.78 is 32.9. The third kappa shape index (κ3) is 3.28. The second-order valence-corrected chi connectivity index (χ2v) is 6.18. The summed E-state index contributed by atoms with van der Waals surface area (Å²) in [5, 5.41) is 0. The highest BCUT2D eigenvalue weighted by Gasteiger charge is 2.19. The van der Waals surface area contributed by atoms with Gasteiger partial charge in [0.2, 0.25) is 0 Å². The monoisotopic (exact) mass is 306 g/mol. The minimum absolute atomic E-state index is 0.191. The second-order valence-electron chi connectivity index (χ2n) is 4.53. The molecule has 2 aromatic rings. The van der Waals surface area contributed by atoms with Gasteiger partial charge in [-0.25, -0.2) is 8.42 Å². The molecule has 0 aromatic heterocycles. The topological polar surface area (TPSA) is 81.4 Å². The van der Waals surface area contributed by atoms with E-state index in [0.717, 1.165) is 0 Å². The Hall–Kier alpha value is -2.21. The molecule has 112 valence electrons. The summed E-state index contributed by atoms with van der Waals surface area (Å²) in [6.07, 6.45) is 0.600. The lowest BCUT2D eigenvalue weighted by Gasteiger charge is -2.14. The summed E-state index contributed by atoms with van der Waals surface area (Å²) in [5.74, 6) is 0.461. The summed E-state index contributed by atoms with van der Waals surface area (Å²) in [4.78, 5) is 0.191. The van der Waals surface area contributed by atoms with Gasteiger partial charge in [0.1, 0.15) is 5.75 Å². The van der Waals surface area contributed by atoms with Crippen LogP contribution in [0.5, 0.6) is 5.75 Å². The number of hydrogen-bond acceptors (Lipinski definition) is 4. The number of aryl methyl sites for hydroxylation is 1. The summed E-state index contributed by atoms with van der Waals surface area (Å²) in [6.45, 7) is 1.90. The first-order chi connectivity index (χ1) is 9.97. The minimum Gasteiger partial charge on any atom is -0.495 e. The maximum absolute atomic E-state index is 12.6. The first-order valence-electron chi connectivity index (χ1n) is 6.52. The van der Waals surface area contributed by atoms with Gasteiger partial charge in [-0.05, 0) is 36.2 Å². The molecule has 0 heterocycles. The van der Waals surface area contributed by atoms with Crippen molar-refractivity contribution in [3.05, 3.63) is 48.0 Å². The van der Waals surface area contributed by atoms with Crippen LogP contribution in [-0.4, -0.2) is 15.5 Å². The van der Waals surface area contributed by atoms with Crippen molar-refractivity contribution in [1.29, 1.82) is 0 Å². The molecule has 0 fully saturated rings. The van der Waals surface area contributed by atoms with E-state index in [-0.39, 0.29) is 4.90 Å². The third-order valence-electron chi connectivity index (χ3n) is 3.11. The van der Waals surface area contributed by atoms with Gasteiger partial charge in [0.05, 0.1) is 17.7 Å². The molecule has 2 rings (SSSR count). The molecule has 6 heteroatoms. The lowest BCUT2D eigenvalue weighted by molar-refractivity contribution is 0.417. The van der Waals surface area contributed by atoms with Gasteiger partial charge in [-0.15, -0.1) is 0 Å². The smallest absolute Gasteiger partial charge is 0.262 e. The summed E-state index contributed by atoms with van der Waals surface area (Å²) in [7, 11) is -2.23. The number of sulfonamides is 1. The van der Waals surface area contributed by atoms with Crippen LogP contribution >= 0.6 is 0 Å². The molecule has 0 unspecified atom stereocenters. The molecule has 0 aliphatic heterocycles. The zero-order chi connectivity index (χ0) is 15.5. The lowest BCUT2D eigenvalue weighted by Crippen LogP contribution is -2.15. The highest BCUT2D eigenvalue weighted by atomic mass is 32.2. The fraction of sp³-hybridized carbons (Fsp3) is 0.200. The van der Waals surface area contributed by atoms with Gasteiger partial charge in [-0.1, -0.05) is 25.1 Å². The molecule has 0 saturated carbocycles. The number of nitrogens with one attached hydrogen (secondary N) is 1. The standard InChI is InChI=1S/C15H18N2O3S/c1-3-11-8-9-12(16)10-15(11)21(18,19)17-13-6-4-5-7-14(13)20-2/h4-10,17H,3,16H2,1-2H3. The Morgan fingerprint density at radius 1 is 1.19 bits per heavy atom. The fourth-order valence-corrected chi connectivity index (χ4v) is 3.46. The van der Waals surface area contributed by atoms with Gasteiger partial charge in [0, 0.05) is 5.69 Å². The molecule has 0 saturated heterocycles. The Kier molecular flexibility index (Phi) is 4.37. The van der Waals surface area contributed by atoms with E-state index in [0.29, 0.717) is 29.1 Å². The van der Waals surface area contributed by atoms with Crippen molar-refractivity contribution < 1.29 is 13.2 Å². The molecule has 0 radical (unpaired) electrons. The Balaban J connectivity index is 2.46. The number of nitrogens with two attached hydrogens (primary N) is 1. The fourth-order valence-electron chi connectivity index (χ4n) is 2.04. The van der Waals surface area contributed by atoms with Crippen LogP contribution in [0.4, 0.5) is 11.4 Å². The molecule has 5 nitrogen and oxygen atoms in total. The molecular weight excluding hydrogens is 288 g/mol. The van der Waals surface area contributed by atoms with Crippen LogP contribution in [0.15, 0.2) is 47.4 Å². The number of para-hydroxylation sites is 2. The van der Waals surface area contributed by atoms with E-state index >= 15 is 0 Å². The predicted octanol–water partition coefficient (Wildman–Crippen LogP) is 2.64. The molecule has 3 N–H and O–H groups in total. The maximum Gasteiger partial charge on any atom is 0.262 e. The van der Waals surface area contributed by atoms with Crippen LogP contribution in [-0.2, 0) is 16.4 Å². The van der Waals surface area contributed by atoms with Gasteiger partial charge >= 0.3 is 0 Å². The van der Waals surface area contributed by atoms with Crippen LogP contribution in [0, 0.1) is 0 Å². The predicted molar refractivity (Wildman–Crippen MR) is 84.0 cm³/mol. The third-order valence-corrected chi connectivity index (χ3v) is 4.56. The molecule has 2 aromatic carbocycles. The number of hydrogen-bond donors (Lipinski definition) is 2. The number of nitrogen functional groups attached to an aromatic ring is 1. The Bertz CT molecular complexity index is 742. The zero-order valence-electron chi connectivity index (χ0n) is 12.0. The van der Waals surface area contributed by atoms with E-state index in [1.54, 1.807) is 36.4 Å². The summed E-state index contributed by atoms with van der Waals surface area (Å²) in [5.41, 5.74) is 7.23. The lowest BCUT2D eigenvalue weighted by atomic mass is 10.1. The summed E-state index contributed by atoms with van der Waals surface area (Å²) >= 11 is 0. The summed E-state index contributed by atoms with van der Waals surface area (Å²) in [6, 6.07) is 11.7. The van der Waals surface area contributed by atoms with Crippen molar-refractivity contribution in [2.24, 2.45) is 0 Å². The van der Waals surface area contributed by atoms with Crippen LogP contribution in [0.25, 0.3) is 0 Å². The van der Waals surface area contributed by atoms with Crippen molar-refractivity contribution in [3.63, 3.8) is 0 Å². The normalized spacial score (nSPS) is 11.1.